The van der Waals surface area contributed by atoms with Crippen LogP contribution in [0.25, 0.3) is 11.0 Å². The van der Waals surface area contributed by atoms with E-state index in [4.69, 9.17) is 10.0 Å². The van der Waals surface area contributed by atoms with Crippen molar-refractivity contribution < 1.29 is 14.8 Å². The highest BCUT2D eigenvalue weighted by molar-refractivity contribution is 6.58. The summed E-state index contributed by atoms with van der Waals surface area (Å²) >= 11 is 0. The number of rotatable bonds is 5. The molecule has 0 saturated heterocycles. The minimum absolute atomic E-state index is 0.218. The number of carbonyl (C=O) groups excluding carboxylic acids is 1. The van der Waals surface area contributed by atoms with Crippen molar-refractivity contribution in [3.63, 3.8) is 0 Å². The molecule has 0 aliphatic carbocycles. The summed E-state index contributed by atoms with van der Waals surface area (Å²) < 4.78 is 0. The van der Waals surface area contributed by atoms with Gasteiger partial charge in [-0.15, -0.1) is 0 Å². The van der Waals surface area contributed by atoms with Crippen molar-refractivity contribution in [2.75, 3.05) is 12.4 Å². The number of fused-ring (bicyclic) bond motifs is 1. The molecule has 0 aliphatic heterocycles. The highest BCUT2D eigenvalue weighted by atomic mass is 16.4. The van der Waals surface area contributed by atoms with E-state index in [9.17, 15) is 4.79 Å². The van der Waals surface area contributed by atoms with Crippen LogP contribution in [0.4, 0.5) is 5.82 Å². The Kier molecular flexibility index (Phi) is 4.45. The molecule has 0 fully saturated rings. The van der Waals surface area contributed by atoms with Gasteiger partial charge in [0.15, 0.2) is 5.82 Å². The minimum atomic E-state index is -1.48. The van der Waals surface area contributed by atoms with Gasteiger partial charge in [0.25, 0.3) is 5.91 Å². The van der Waals surface area contributed by atoms with Crippen LogP contribution in [0.5, 0.6) is 0 Å². The normalized spacial score (nSPS) is 10.6. The van der Waals surface area contributed by atoms with Crippen LogP contribution in [-0.2, 0) is 6.54 Å². The van der Waals surface area contributed by atoms with E-state index < -0.39 is 7.12 Å². The van der Waals surface area contributed by atoms with Gasteiger partial charge in [-0.05, 0) is 11.0 Å². The Labute approximate surface area is 138 Å². The molecule has 0 spiro atoms. The maximum Gasteiger partial charge on any atom is 0.488 e. The van der Waals surface area contributed by atoms with Gasteiger partial charge in [0.2, 0.25) is 0 Å². The molecule has 8 nitrogen and oxygen atoms in total. The van der Waals surface area contributed by atoms with Gasteiger partial charge in [-0.25, -0.2) is 9.97 Å². The van der Waals surface area contributed by atoms with Gasteiger partial charge < -0.3 is 25.7 Å². The quantitative estimate of drug-likeness (QED) is 0.407. The predicted octanol–water partition coefficient (Wildman–Crippen LogP) is -0.391. The topological polar surface area (TPSA) is 123 Å². The molecular weight excluding hydrogens is 309 g/mol. The molecule has 0 radical (unpaired) electrons. The van der Waals surface area contributed by atoms with Gasteiger partial charge in [0, 0.05) is 19.8 Å². The summed E-state index contributed by atoms with van der Waals surface area (Å²) in [7, 11) is 0.0876. The Morgan fingerprint density at radius 2 is 2.00 bits per heavy atom. The fraction of sp³-hybridized carbons (Fsp3) is 0.133. The van der Waals surface area contributed by atoms with Gasteiger partial charge >= 0.3 is 7.12 Å². The lowest BCUT2D eigenvalue weighted by molar-refractivity contribution is 0.0964. The van der Waals surface area contributed by atoms with Gasteiger partial charge in [0.05, 0.1) is 5.56 Å². The van der Waals surface area contributed by atoms with E-state index in [2.05, 4.69) is 25.6 Å². The van der Waals surface area contributed by atoms with Crippen molar-refractivity contribution in [1.82, 2.24) is 20.3 Å². The zero-order valence-electron chi connectivity index (χ0n) is 12.9. The molecule has 2 aromatic heterocycles. The maximum absolute atomic E-state index is 11.8. The number of benzene rings is 1. The van der Waals surface area contributed by atoms with Crippen LogP contribution >= 0.6 is 0 Å². The molecule has 1 amide bonds. The third-order valence-corrected chi connectivity index (χ3v) is 3.67. The molecule has 1 aromatic carbocycles. The van der Waals surface area contributed by atoms with Crippen LogP contribution in [0.3, 0.4) is 0 Å². The summed E-state index contributed by atoms with van der Waals surface area (Å²) in [6.45, 7) is 0.488. The largest absolute Gasteiger partial charge is 0.488 e. The average molecular weight is 325 g/mol. The van der Waals surface area contributed by atoms with Crippen LogP contribution < -0.4 is 16.1 Å². The highest BCUT2D eigenvalue weighted by Gasteiger charge is 2.15. The number of nitrogens with zero attached hydrogens (tertiary/aromatic N) is 2. The zero-order valence-corrected chi connectivity index (χ0v) is 12.9. The molecule has 0 atom stereocenters. The van der Waals surface area contributed by atoms with Crippen molar-refractivity contribution >= 4 is 35.3 Å². The Bertz CT molecular complexity index is 863. The van der Waals surface area contributed by atoms with Crippen LogP contribution in [0.15, 0.2) is 36.8 Å². The number of aromatic amines is 1. The van der Waals surface area contributed by atoms with Gasteiger partial charge in [-0.2, -0.15) is 0 Å². The lowest BCUT2D eigenvalue weighted by atomic mass is 9.80. The lowest BCUT2D eigenvalue weighted by Crippen LogP contribution is -2.29. The molecule has 5 N–H and O–H groups in total. The summed E-state index contributed by atoms with van der Waals surface area (Å²) in [6, 6.07) is 6.89. The van der Waals surface area contributed by atoms with Crippen LogP contribution in [0, 0.1) is 0 Å². The Morgan fingerprint density at radius 3 is 2.67 bits per heavy atom. The molecule has 0 aliphatic rings. The van der Waals surface area contributed by atoms with Crippen molar-refractivity contribution in [3.05, 3.63) is 47.9 Å². The number of aromatic nitrogens is 3. The summed E-state index contributed by atoms with van der Waals surface area (Å²) in [5.41, 5.74) is 3.04. The fourth-order valence-electron chi connectivity index (χ4n) is 2.37. The molecular formula is C15H16BN5O3. The fourth-order valence-corrected chi connectivity index (χ4v) is 2.37. The number of anilines is 1. The van der Waals surface area contributed by atoms with E-state index in [1.165, 1.54) is 6.33 Å². The lowest BCUT2D eigenvalue weighted by Gasteiger charge is -2.07. The third-order valence-electron chi connectivity index (χ3n) is 3.67. The van der Waals surface area contributed by atoms with E-state index >= 15 is 0 Å². The molecule has 0 unspecified atom stereocenters. The summed E-state index contributed by atoms with van der Waals surface area (Å²) in [6.07, 6.45) is 3.00. The SMILES string of the molecule is CNC(=O)c1c[nH]c2c(NCc3ccc(B(O)O)cc3)ncnc12. The van der Waals surface area contributed by atoms with E-state index in [0.29, 0.717) is 34.4 Å². The number of hydrogen-bond donors (Lipinski definition) is 5. The standard InChI is InChI=1S/C15H16BN5O3/c1-17-15(22)11-7-18-13-12(11)20-8-21-14(13)19-6-9-2-4-10(5-3-9)16(23)24/h2-5,7-8,18,23-24H,6H2,1H3,(H,17,22)(H,19,20,21). The minimum Gasteiger partial charge on any atom is -0.423 e. The molecule has 3 aromatic rings. The monoisotopic (exact) mass is 325 g/mol. The first-order chi connectivity index (χ1) is 11.6. The highest BCUT2D eigenvalue weighted by Crippen LogP contribution is 2.21. The zero-order chi connectivity index (χ0) is 17.1. The first kappa shape index (κ1) is 16.0. The third kappa shape index (κ3) is 3.07. The van der Waals surface area contributed by atoms with Crippen LogP contribution in [0.2, 0.25) is 0 Å². The number of carbonyl (C=O) groups is 1. The number of amides is 1. The van der Waals surface area contributed by atoms with Crippen molar-refractivity contribution in [1.29, 1.82) is 0 Å². The number of H-pyrrole nitrogens is 1. The molecule has 0 saturated carbocycles. The van der Waals surface area contributed by atoms with Crippen molar-refractivity contribution in [3.8, 4) is 0 Å². The van der Waals surface area contributed by atoms with Gasteiger partial charge in [-0.3, -0.25) is 4.79 Å². The Hall–Kier alpha value is -2.91. The molecule has 122 valence electrons. The van der Waals surface area contributed by atoms with E-state index in [1.54, 1.807) is 37.5 Å². The van der Waals surface area contributed by atoms with Gasteiger partial charge in [0.1, 0.15) is 17.4 Å². The molecule has 2 heterocycles. The molecule has 0 bridgehead atoms. The first-order valence-corrected chi connectivity index (χ1v) is 7.33. The first-order valence-electron chi connectivity index (χ1n) is 7.33. The maximum atomic E-state index is 11.8. The second kappa shape index (κ2) is 6.69. The van der Waals surface area contributed by atoms with E-state index in [-0.39, 0.29) is 5.91 Å². The molecule has 24 heavy (non-hydrogen) atoms. The van der Waals surface area contributed by atoms with Crippen molar-refractivity contribution in [2.45, 2.75) is 6.54 Å². The Balaban J connectivity index is 1.80. The average Bonchev–Trinajstić information content (AvgIpc) is 3.04. The van der Waals surface area contributed by atoms with Crippen LogP contribution in [0.1, 0.15) is 15.9 Å². The second-order valence-electron chi connectivity index (χ2n) is 5.20. The summed E-state index contributed by atoms with van der Waals surface area (Å²) in [5.74, 6) is 0.366. The number of hydrogen-bond acceptors (Lipinski definition) is 6. The molecule has 3 rings (SSSR count). The second-order valence-corrected chi connectivity index (χ2v) is 5.20. The predicted molar refractivity (Wildman–Crippen MR) is 90.9 cm³/mol. The van der Waals surface area contributed by atoms with Crippen molar-refractivity contribution in [2.24, 2.45) is 0 Å². The van der Waals surface area contributed by atoms with E-state index in [0.717, 1.165) is 5.56 Å². The molecule has 9 heteroatoms. The number of nitrogens with one attached hydrogen (secondary N) is 3. The summed E-state index contributed by atoms with van der Waals surface area (Å²) in [4.78, 5) is 23.2. The van der Waals surface area contributed by atoms with Crippen LogP contribution in [-0.4, -0.2) is 45.1 Å². The van der Waals surface area contributed by atoms with E-state index in [1.807, 2.05) is 0 Å². The summed E-state index contributed by atoms with van der Waals surface area (Å²) in [5, 5.41) is 23.9. The van der Waals surface area contributed by atoms with Gasteiger partial charge in [-0.1, -0.05) is 24.3 Å². The smallest absolute Gasteiger partial charge is 0.423 e. The Morgan fingerprint density at radius 1 is 1.25 bits per heavy atom.